The first kappa shape index (κ1) is 22.7. The molecule has 1 amide bonds. The Balaban J connectivity index is 1.75. The lowest BCUT2D eigenvalue weighted by Gasteiger charge is -2.26. The number of carbonyl (C=O) groups is 2. The second-order valence-corrected chi connectivity index (χ2v) is 7.57. The predicted molar refractivity (Wildman–Crippen MR) is 116 cm³/mol. The van der Waals surface area contributed by atoms with Gasteiger partial charge in [-0.25, -0.2) is 4.79 Å². The lowest BCUT2D eigenvalue weighted by Crippen LogP contribution is -2.45. The molecule has 0 unspecified atom stereocenters. The van der Waals surface area contributed by atoms with E-state index in [-0.39, 0.29) is 17.5 Å². The van der Waals surface area contributed by atoms with E-state index in [2.05, 4.69) is 10.2 Å². The molecule has 8 nitrogen and oxygen atoms in total. The van der Waals surface area contributed by atoms with Crippen LogP contribution in [0.3, 0.4) is 0 Å². The molecule has 0 spiro atoms. The highest BCUT2D eigenvalue weighted by atomic mass is 16.5. The maximum Gasteiger partial charge on any atom is 0.328 e. The fraction of sp³-hybridized carbons (Fsp3) is 0.435. The number of esters is 1. The Labute approximate surface area is 181 Å². The van der Waals surface area contributed by atoms with Crippen molar-refractivity contribution in [2.24, 2.45) is 0 Å². The summed E-state index contributed by atoms with van der Waals surface area (Å²) in [7, 11) is 1.28. The summed E-state index contributed by atoms with van der Waals surface area (Å²) in [6, 6.07) is 10.2. The lowest BCUT2D eigenvalue weighted by atomic mass is 10.0. The lowest BCUT2D eigenvalue weighted by molar-refractivity contribution is -0.142. The molecule has 1 saturated heterocycles. The number of benzene rings is 1. The molecule has 1 aromatic heterocycles. The zero-order chi connectivity index (χ0) is 22.2. The van der Waals surface area contributed by atoms with Crippen molar-refractivity contribution >= 4 is 11.9 Å². The molecule has 3 rings (SSSR count). The number of amides is 1. The van der Waals surface area contributed by atoms with Crippen molar-refractivity contribution in [2.45, 2.75) is 25.9 Å². The Morgan fingerprint density at radius 3 is 2.52 bits per heavy atom. The third-order valence-corrected chi connectivity index (χ3v) is 5.44. The second-order valence-electron chi connectivity index (χ2n) is 7.57. The van der Waals surface area contributed by atoms with Crippen molar-refractivity contribution in [1.82, 2.24) is 14.8 Å². The van der Waals surface area contributed by atoms with Crippen LogP contribution in [0.1, 0.15) is 21.5 Å². The molecular weight excluding hydrogens is 398 g/mol. The number of morpholine rings is 1. The number of hydrogen-bond donors (Lipinski definition) is 1. The van der Waals surface area contributed by atoms with Crippen LogP contribution in [0.4, 0.5) is 0 Å². The molecule has 31 heavy (non-hydrogen) atoms. The summed E-state index contributed by atoms with van der Waals surface area (Å²) in [6.45, 7) is 5.92. The van der Waals surface area contributed by atoms with Gasteiger partial charge in [-0.1, -0.05) is 30.3 Å². The Morgan fingerprint density at radius 1 is 1.13 bits per heavy atom. The fourth-order valence-electron chi connectivity index (χ4n) is 3.61. The highest BCUT2D eigenvalue weighted by molar-refractivity contribution is 5.97. The molecule has 1 atom stereocenters. The standard InChI is InChI=1S/C23H29N3O5/c1-17-8-9-26(11-10-25-12-14-31-15-13-25)22(28)20(17)21(27)24-19(23(29)30-2)16-18-6-4-3-5-7-18/h3-9,19H,10-16H2,1-2H3,(H,24,27)/t19-/m0/s1. The summed E-state index contributed by atoms with van der Waals surface area (Å²) in [5.74, 6) is -1.13. The van der Waals surface area contributed by atoms with Crippen LogP contribution in [-0.4, -0.2) is 67.3 Å². The average molecular weight is 428 g/mol. The van der Waals surface area contributed by atoms with Crippen LogP contribution in [-0.2, 0) is 27.2 Å². The summed E-state index contributed by atoms with van der Waals surface area (Å²) < 4.78 is 11.8. The number of ether oxygens (including phenoxy) is 2. The average Bonchev–Trinajstić information content (AvgIpc) is 2.79. The van der Waals surface area contributed by atoms with E-state index in [1.165, 1.54) is 7.11 Å². The van der Waals surface area contributed by atoms with Gasteiger partial charge in [-0.05, 0) is 24.1 Å². The minimum absolute atomic E-state index is 0.0476. The molecule has 1 aliphatic heterocycles. The van der Waals surface area contributed by atoms with Crippen LogP contribution >= 0.6 is 0 Å². The van der Waals surface area contributed by atoms with Gasteiger partial charge in [0.25, 0.3) is 11.5 Å². The SMILES string of the molecule is COC(=O)[C@H](Cc1ccccc1)NC(=O)c1c(C)ccn(CCN2CCOCC2)c1=O. The maximum absolute atomic E-state index is 13.0. The minimum atomic E-state index is -0.888. The van der Waals surface area contributed by atoms with Crippen LogP contribution in [0.2, 0.25) is 0 Å². The highest BCUT2D eigenvalue weighted by Gasteiger charge is 2.25. The summed E-state index contributed by atoms with van der Waals surface area (Å²) in [4.78, 5) is 40.5. The van der Waals surface area contributed by atoms with Crippen molar-refractivity contribution in [3.05, 3.63) is 69.6 Å². The number of nitrogens with zero attached hydrogens (tertiary/aromatic N) is 2. The van der Waals surface area contributed by atoms with Crippen molar-refractivity contribution in [1.29, 1.82) is 0 Å². The molecule has 1 aliphatic rings. The minimum Gasteiger partial charge on any atom is -0.467 e. The normalized spacial score (nSPS) is 15.3. The fourth-order valence-corrected chi connectivity index (χ4v) is 3.61. The van der Waals surface area contributed by atoms with Gasteiger partial charge in [0.1, 0.15) is 11.6 Å². The van der Waals surface area contributed by atoms with Crippen LogP contribution < -0.4 is 10.9 Å². The molecule has 1 fully saturated rings. The molecule has 0 radical (unpaired) electrons. The number of aryl methyl sites for hydroxylation is 1. The van der Waals surface area contributed by atoms with E-state index in [0.717, 1.165) is 18.7 Å². The molecular formula is C23H29N3O5. The summed E-state index contributed by atoms with van der Waals surface area (Å²) in [6.07, 6.45) is 1.98. The van der Waals surface area contributed by atoms with Crippen molar-refractivity contribution in [2.75, 3.05) is 40.0 Å². The highest BCUT2D eigenvalue weighted by Crippen LogP contribution is 2.08. The third-order valence-electron chi connectivity index (χ3n) is 5.44. The Kier molecular flexibility index (Phi) is 7.97. The summed E-state index contributed by atoms with van der Waals surface area (Å²) in [5.41, 5.74) is 1.12. The van der Waals surface area contributed by atoms with Crippen molar-refractivity contribution in [3.8, 4) is 0 Å². The molecule has 0 bridgehead atoms. The Hall–Kier alpha value is -2.97. The van der Waals surface area contributed by atoms with Crippen LogP contribution in [0.15, 0.2) is 47.4 Å². The van der Waals surface area contributed by atoms with Crippen molar-refractivity contribution < 1.29 is 19.1 Å². The molecule has 166 valence electrons. The van der Waals surface area contributed by atoms with Gasteiger partial charge in [0.15, 0.2) is 0 Å². The summed E-state index contributed by atoms with van der Waals surface area (Å²) in [5, 5.41) is 2.69. The van der Waals surface area contributed by atoms with E-state index in [1.807, 2.05) is 30.3 Å². The first-order valence-corrected chi connectivity index (χ1v) is 10.4. The van der Waals surface area contributed by atoms with Gasteiger partial charge >= 0.3 is 5.97 Å². The molecule has 0 aliphatic carbocycles. The second kappa shape index (κ2) is 10.9. The largest absolute Gasteiger partial charge is 0.467 e. The number of hydrogen-bond acceptors (Lipinski definition) is 6. The summed E-state index contributed by atoms with van der Waals surface area (Å²) >= 11 is 0. The number of rotatable bonds is 8. The molecule has 8 heteroatoms. The van der Waals surface area contributed by atoms with E-state index in [4.69, 9.17) is 9.47 Å². The van der Waals surface area contributed by atoms with Gasteiger partial charge in [-0.15, -0.1) is 0 Å². The van der Waals surface area contributed by atoms with E-state index in [0.29, 0.717) is 31.9 Å². The van der Waals surface area contributed by atoms with Crippen LogP contribution in [0.25, 0.3) is 0 Å². The van der Waals surface area contributed by atoms with E-state index < -0.39 is 17.9 Å². The first-order valence-electron chi connectivity index (χ1n) is 10.4. The molecule has 0 saturated carbocycles. The Bertz CT molecular complexity index is 951. The maximum atomic E-state index is 13.0. The number of carbonyl (C=O) groups excluding carboxylic acids is 2. The number of nitrogens with one attached hydrogen (secondary N) is 1. The molecule has 2 aromatic rings. The van der Waals surface area contributed by atoms with E-state index >= 15 is 0 Å². The molecule has 1 N–H and O–H groups in total. The number of aromatic nitrogens is 1. The van der Waals surface area contributed by atoms with Gasteiger partial charge in [0.05, 0.1) is 20.3 Å². The molecule has 2 heterocycles. The zero-order valence-electron chi connectivity index (χ0n) is 18.0. The van der Waals surface area contributed by atoms with Gasteiger partial charge in [-0.2, -0.15) is 0 Å². The monoisotopic (exact) mass is 427 g/mol. The van der Waals surface area contributed by atoms with Crippen molar-refractivity contribution in [3.63, 3.8) is 0 Å². The molecule has 1 aromatic carbocycles. The Morgan fingerprint density at radius 2 is 1.84 bits per heavy atom. The van der Waals surface area contributed by atoms with E-state index in [9.17, 15) is 14.4 Å². The van der Waals surface area contributed by atoms with Gasteiger partial charge in [0, 0.05) is 38.8 Å². The topological polar surface area (TPSA) is 89.9 Å². The quantitative estimate of drug-likeness (QED) is 0.633. The number of methoxy groups -OCH3 is 1. The van der Waals surface area contributed by atoms with Gasteiger partial charge in [0.2, 0.25) is 0 Å². The third kappa shape index (κ3) is 6.02. The van der Waals surface area contributed by atoms with Crippen LogP contribution in [0.5, 0.6) is 0 Å². The first-order chi connectivity index (χ1) is 15.0. The van der Waals surface area contributed by atoms with Crippen LogP contribution in [0, 0.1) is 6.92 Å². The smallest absolute Gasteiger partial charge is 0.328 e. The zero-order valence-corrected chi connectivity index (χ0v) is 18.0. The predicted octanol–water partition coefficient (Wildman–Crippen LogP) is 1.00. The van der Waals surface area contributed by atoms with Gasteiger partial charge in [-0.3, -0.25) is 14.5 Å². The number of pyridine rings is 1. The van der Waals surface area contributed by atoms with E-state index in [1.54, 1.807) is 23.8 Å². The van der Waals surface area contributed by atoms with Gasteiger partial charge < -0.3 is 19.4 Å².